The van der Waals surface area contributed by atoms with Gasteiger partial charge in [0, 0.05) is 29.3 Å². The first-order valence-corrected chi connectivity index (χ1v) is 8.30. The number of benzene rings is 1. The largest absolute Gasteiger partial charge is 0.369 e. The summed E-state index contributed by atoms with van der Waals surface area (Å²) in [5.41, 5.74) is 2.83. The van der Waals surface area contributed by atoms with Crippen LogP contribution in [0, 0.1) is 5.92 Å². The van der Waals surface area contributed by atoms with Crippen LogP contribution in [0.3, 0.4) is 0 Å². The summed E-state index contributed by atoms with van der Waals surface area (Å²) in [5.74, 6) is 0.679. The van der Waals surface area contributed by atoms with Crippen LogP contribution in [0.4, 0.5) is 5.69 Å². The van der Waals surface area contributed by atoms with Crippen LogP contribution < -0.4 is 10.2 Å². The Labute approximate surface area is 133 Å². The highest BCUT2D eigenvalue weighted by atomic mass is 79.9. The van der Waals surface area contributed by atoms with E-state index >= 15 is 0 Å². The third-order valence-electron chi connectivity index (χ3n) is 4.05. The van der Waals surface area contributed by atoms with Gasteiger partial charge >= 0.3 is 0 Å². The van der Waals surface area contributed by atoms with E-state index in [2.05, 4.69) is 86.0 Å². The van der Waals surface area contributed by atoms with Crippen LogP contribution in [0.15, 0.2) is 22.7 Å². The van der Waals surface area contributed by atoms with Crippen LogP contribution in [0.25, 0.3) is 0 Å². The average molecular weight is 341 g/mol. The second-order valence-corrected chi connectivity index (χ2v) is 7.44. The van der Waals surface area contributed by atoms with Crippen molar-refractivity contribution in [1.29, 1.82) is 0 Å². The molecule has 0 fully saturated rings. The first-order valence-electron chi connectivity index (χ1n) is 7.51. The molecule has 0 aliphatic carbocycles. The zero-order valence-corrected chi connectivity index (χ0v) is 15.3. The summed E-state index contributed by atoms with van der Waals surface area (Å²) < 4.78 is 1.14. The fourth-order valence-corrected chi connectivity index (χ4v) is 2.41. The van der Waals surface area contributed by atoms with Gasteiger partial charge in [-0.3, -0.25) is 0 Å². The van der Waals surface area contributed by atoms with Crippen LogP contribution in [-0.4, -0.2) is 19.1 Å². The predicted octanol–water partition coefficient (Wildman–Crippen LogP) is 4.82. The second-order valence-electron chi connectivity index (χ2n) is 6.52. The van der Waals surface area contributed by atoms with Crippen LogP contribution in [0.1, 0.15) is 46.6 Å². The minimum atomic E-state index is 0.160. The first kappa shape index (κ1) is 17.5. The molecule has 1 aromatic carbocycles. The molecule has 20 heavy (non-hydrogen) atoms. The Morgan fingerprint density at radius 1 is 1.30 bits per heavy atom. The number of hydrogen-bond acceptors (Lipinski definition) is 2. The fraction of sp³-hybridized carbons (Fsp3) is 0.647. The number of anilines is 1. The normalized spacial score (nSPS) is 12.0. The Balaban J connectivity index is 2.95. The lowest BCUT2D eigenvalue weighted by atomic mass is 9.98. The third-order valence-corrected chi connectivity index (χ3v) is 4.54. The van der Waals surface area contributed by atoms with E-state index in [-0.39, 0.29) is 5.54 Å². The molecule has 0 saturated carbocycles. The van der Waals surface area contributed by atoms with Gasteiger partial charge in [0.15, 0.2) is 0 Å². The molecule has 0 bridgehead atoms. The minimum absolute atomic E-state index is 0.160. The van der Waals surface area contributed by atoms with Crippen LogP contribution in [0.2, 0.25) is 0 Å². The summed E-state index contributed by atoms with van der Waals surface area (Å²) in [5, 5.41) is 3.54. The van der Waals surface area contributed by atoms with Crippen molar-refractivity contribution in [2.45, 2.75) is 53.1 Å². The molecule has 1 aromatic rings. The maximum Gasteiger partial charge on any atom is 0.0425 e. The van der Waals surface area contributed by atoms with Gasteiger partial charge in [0.05, 0.1) is 0 Å². The number of nitrogens with zero attached hydrogens (tertiary/aromatic N) is 1. The molecular weight excluding hydrogens is 312 g/mol. The topological polar surface area (TPSA) is 15.3 Å². The molecule has 0 aliphatic heterocycles. The van der Waals surface area contributed by atoms with Gasteiger partial charge in [0.25, 0.3) is 0 Å². The lowest BCUT2D eigenvalue weighted by molar-refractivity contribution is 0.468. The molecule has 0 amide bonds. The quantitative estimate of drug-likeness (QED) is 0.765. The Hall–Kier alpha value is -0.540. The summed E-state index contributed by atoms with van der Waals surface area (Å²) in [6.45, 7) is 13.3. The molecule has 114 valence electrons. The van der Waals surface area contributed by atoms with Crippen molar-refractivity contribution in [3.8, 4) is 0 Å². The van der Waals surface area contributed by atoms with E-state index in [1.807, 2.05) is 0 Å². The molecule has 0 spiro atoms. The molecule has 1 N–H and O–H groups in total. The van der Waals surface area contributed by atoms with E-state index in [0.29, 0.717) is 5.92 Å². The summed E-state index contributed by atoms with van der Waals surface area (Å²) in [6.07, 6.45) is 1.12. The summed E-state index contributed by atoms with van der Waals surface area (Å²) in [4.78, 5) is 2.39. The van der Waals surface area contributed by atoms with E-state index in [9.17, 15) is 0 Å². The number of rotatable bonds is 7. The zero-order valence-electron chi connectivity index (χ0n) is 13.8. The third kappa shape index (κ3) is 4.78. The van der Waals surface area contributed by atoms with Crippen molar-refractivity contribution in [3.05, 3.63) is 28.2 Å². The van der Waals surface area contributed by atoms with E-state index < -0.39 is 0 Å². The van der Waals surface area contributed by atoms with Crippen molar-refractivity contribution in [2.24, 2.45) is 5.92 Å². The van der Waals surface area contributed by atoms with Crippen molar-refractivity contribution in [1.82, 2.24) is 5.32 Å². The molecule has 0 saturated heterocycles. The van der Waals surface area contributed by atoms with Gasteiger partial charge in [0.2, 0.25) is 0 Å². The van der Waals surface area contributed by atoms with Gasteiger partial charge < -0.3 is 10.2 Å². The summed E-state index contributed by atoms with van der Waals surface area (Å²) in [6, 6.07) is 6.57. The van der Waals surface area contributed by atoms with Gasteiger partial charge in [-0.05, 0) is 50.4 Å². The van der Waals surface area contributed by atoms with Crippen LogP contribution >= 0.6 is 15.9 Å². The highest BCUT2D eigenvalue weighted by Crippen LogP contribution is 2.30. The number of nitrogens with one attached hydrogen (secondary N) is 1. The van der Waals surface area contributed by atoms with E-state index in [0.717, 1.165) is 24.0 Å². The van der Waals surface area contributed by atoms with Crippen LogP contribution in [0.5, 0.6) is 0 Å². The van der Waals surface area contributed by atoms with Crippen molar-refractivity contribution < 1.29 is 0 Å². The highest BCUT2D eigenvalue weighted by molar-refractivity contribution is 9.10. The second kappa shape index (κ2) is 7.46. The van der Waals surface area contributed by atoms with Gasteiger partial charge in [-0.2, -0.15) is 0 Å². The molecule has 0 heterocycles. The highest BCUT2D eigenvalue weighted by Gasteiger charge is 2.23. The van der Waals surface area contributed by atoms with Gasteiger partial charge in [-0.15, -0.1) is 0 Å². The Kier molecular flexibility index (Phi) is 6.53. The molecular formula is C17H29BrN2. The first-order chi connectivity index (χ1) is 9.27. The smallest absolute Gasteiger partial charge is 0.0425 e. The van der Waals surface area contributed by atoms with Crippen molar-refractivity contribution >= 4 is 21.6 Å². The van der Waals surface area contributed by atoms with Gasteiger partial charge in [0.1, 0.15) is 0 Å². The molecule has 0 unspecified atom stereocenters. The lowest BCUT2D eigenvalue weighted by Crippen LogP contribution is -2.41. The average Bonchev–Trinajstić information content (AvgIpc) is 2.39. The van der Waals surface area contributed by atoms with E-state index in [4.69, 9.17) is 0 Å². The number of halogens is 1. The predicted molar refractivity (Wildman–Crippen MR) is 93.5 cm³/mol. The van der Waals surface area contributed by atoms with E-state index in [1.165, 1.54) is 11.3 Å². The fourth-order valence-electron chi connectivity index (χ4n) is 2.06. The molecule has 0 aliphatic rings. The van der Waals surface area contributed by atoms with Crippen molar-refractivity contribution in [3.63, 3.8) is 0 Å². The van der Waals surface area contributed by atoms with Gasteiger partial charge in [-0.1, -0.05) is 42.8 Å². The maximum absolute atomic E-state index is 3.60. The zero-order chi connectivity index (χ0) is 15.3. The Bertz CT molecular complexity index is 427. The molecule has 0 aromatic heterocycles. The lowest BCUT2D eigenvalue weighted by Gasteiger charge is -2.38. The maximum atomic E-state index is 3.60. The molecule has 0 atom stereocenters. The van der Waals surface area contributed by atoms with Crippen LogP contribution in [-0.2, 0) is 6.54 Å². The summed E-state index contributed by atoms with van der Waals surface area (Å²) in [7, 11) is 2.19. The monoisotopic (exact) mass is 340 g/mol. The van der Waals surface area contributed by atoms with E-state index in [1.54, 1.807) is 0 Å². The molecule has 3 heteroatoms. The Morgan fingerprint density at radius 3 is 2.50 bits per heavy atom. The minimum Gasteiger partial charge on any atom is -0.369 e. The van der Waals surface area contributed by atoms with Gasteiger partial charge in [-0.25, -0.2) is 0 Å². The molecule has 1 rings (SSSR count). The molecule has 2 nitrogen and oxygen atoms in total. The number of hydrogen-bond donors (Lipinski definition) is 1. The van der Waals surface area contributed by atoms with Crippen molar-refractivity contribution in [2.75, 3.05) is 18.5 Å². The summed E-state index contributed by atoms with van der Waals surface area (Å²) >= 11 is 3.60. The Morgan fingerprint density at radius 2 is 1.95 bits per heavy atom. The SMILES string of the molecule is CCC(C)(C)N(C)c1cc(Br)ccc1CNCC(C)C. The standard InChI is InChI=1S/C17H29BrN2/c1-7-17(4,5)20(6)16-10-15(18)9-8-14(16)12-19-11-13(2)3/h8-10,13,19H,7,11-12H2,1-6H3. The molecule has 0 radical (unpaired) electrons.